The van der Waals surface area contributed by atoms with E-state index in [0.29, 0.717) is 5.56 Å². The first kappa shape index (κ1) is 9.75. The van der Waals surface area contributed by atoms with Crippen molar-refractivity contribution in [3.8, 4) is 0 Å². The van der Waals surface area contributed by atoms with E-state index in [0.717, 1.165) is 16.5 Å². The Hall–Kier alpha value is -0.340. The molecule has 0 aliphatic heterocycles. The minimum Gasteiger partial charge on any atom is -0.276 e. The smallest absolute Gasteiger partial charge is 0.253 e. The van der Waals surface area contributed by atoms with Gasteiger partial charge in [-0.15, -0.1) is 0 Å². The molecule has 0 fully saturated rings. The van der Waals surface area contributed by atoms with Gasteiger partial charge in [-0.2, -0.15) is 0 Å². The zero-order chi connectivity index (χ0) is 9.14. The summed E-state index contributed by atoms with van der Waals surface area (Å²) in [5, 5.41) is -0.419. The van der Waals surface area contributed by atoms with Gasteiger partial charge in [0.1, 0.15) is 0 Å². The molecule has 0 aromatic heterocycles. The first-order chi connectivity index (χ1) is 5.65. The monoisotopic (exact) mass is 246 g/mol. The fraction of sp³-hybridized carbons (Fsp3) is 0.222. The van der Waals surface area contributed by atoms with Crippen molar-refractivity contribution in [1.29, 1.82) is 0 Å². The fourth-order valence-corrected chi connectivity index (χ4v) is 1.64. The summed E-state index contributed by atoms with van der Waals surface area (Å²) in [6.07, 6.45) is 0.907. The highest BCUT2D eigenvalue weighted by Crippen LogP contribution is 2.20. The molecule has 1 rings (SSSR count). The lowest BCUT2D eigenvalue weighted by molar-refractivity contribution is 0.108. The van der Waals surface area contributed by atoms with Crippen LogP contribution in [0.4, 0.5) is 0 Å². The second-order valence-electron chi connectivity index (χ2n) is 2.44. The maximum absolute atomic E-state index is 10.9. The second-order valence-corrected chi connectivity index (χ2v) is 3.64. The number of benzene rings is 1. The quantitative estimate of drug-likeness (QED) is 0.732. The van der Waals surface area contributed by atoms with E-state index in [2.05, 4.69) is 15.9 Å². The zero-order valence-corrected chi connectivity index (χ0v) is 8.95. The fourth-order valence-electron chi connectivity index (χ4n) is 0.943. The van der Waals surface area contributed by atoms with Crippen LogP contribution in [0.3, 0.4) is 0 Å². The normalized spacial score (nSPS) is 9.92. The van der Waals surface area contributed by atoms with Gasteiger partial charge < -0.3 is 0 Å². The van der Waals surface area contributed by atoms with Crippen LogP contribution in [0, 0.1) is 0 Å². The van der Waals surface area contributed by atoms with Crippen molar-refractivity contribution in [2.45, 2.75) is 13.3 Å². The third kappa shape index (κ3) is 2.08. The molecule has 0 radical (unpaired) electrons. The SMILES string of the molecule is CCc1ccc(Br)c(C(=O)Cl)c1. The average molecular weight is 248 g/mol. The van der Waals surface area contributed by atoms with E-state index in [1.807, 2.05) is 19.1 Å². The van der Waals surface area contributed by atoms with Crippen molar-refractivity contribution in [3.63, 3.8) is 0 Å². The van der Waals surface area contributed by atoms with E-state index in [9.17, 15) is 4.79 Å². The van der Waals surface area contributed by atoms with E-state index in [4.69, 9.17) is 11.6 Å². The Labute approximate surface area is 84.9 Å². The molecule has 12 heavy (non-hydrogen) atoms. The number of carbonyl (C=O) groups is 1. The van der Waals surface area contributed by atoms with Crippen molar-refractivity contribution in [2.24, 2.45) is 0 Å². The molecule has 0 atom stereocenters. The van der Waals surface area contributed by atoms with E-state index in [-0.39, 0.29) is 0 Å². The summed E-state index contributed by atoms with van der Waals surface area (Å²) in [6.45, 7) is 2.03. The molecule has 0 heterocycles. The molecule has 0 N–H and O–H groups in total. The maximum atomic E-state index is 10.9. The zero-order valence-electron chi connectivity index (χ0n) is 6.60. The predicted molar refractivity (Wildman–Crippen MR) is 53.7 cm³/mol. The topological polar surface area (TPSA) is 17.1 Å². The van der Waals surface area contributed by atoms with Crippen LogP contribution in [0.1, 0.15) is 22.8 Å². The molecular formula is C9H8BrClO. The van der Waals surface area contributed by atoms with Gasteiger partial charge in [0.05, 0.1) is 0 Å². The minimum atomic E-state index is -0.419. The van der Waals surface area contributed by atoms with Gasteiger partial charge in [0.25, 0.3) is 5.24 Å². The summed E-state index contributed by atoms with van der Waals surface area (Å²) >= 11 is 8.62. The predicted octanol–water partition coefficient (Wildman–Crippen LogP) is 3.39. The number of hydrogen-bond donors (Lipinski definition) is 0. The summed E-state index contributed by atoms with van der Waals surface area (Å²) in [5.74, 6) is 0. The molecule has 3 heteroatoms. The highest BCUT2D eigenvalue weighted by atomic mass is 79.9. The van der Waals surface area contributed by atoms with Crippen LogP contribution in [-0.4, -0.2) is 5.24 Å². The molecule has 1 aromatic rings. The van der Waals surface area contributed by atoms with E-state index in [1.165, 1.54) is 0 Å². The van der Waals surface area contributed by atoms with Crippen LogP contribution in [0.15, 0.2) is 22.7 Å². The Morgan fingerprint density at radius 1 is 1.58 bits per heavy atom. The lowest BCUT2D eigenvalue weighted by Crippen LogP contribution is -1.92. The molecule has 0 amide bonds. The Morgan fingerprint density at radius 2 is 2.25 bits per heavy atom. The largest absolute Gasteiger partial charge is 0.276 e. The van der Waals surface area contributed by atoms with E-state index < -0.39 is 5.24 Å². The summed E-state index contributed by atoms with van der Waals surface area (Å²) in [7, 11) is 0. The highest BCUT2D eigenvalue weighted by Gasteiger charge is 2.06. The van der Waals surface area contributed by atoms with Gasteiger partial charge in [0.15, 0.2) is 0 Å². The molecule has 0 saturated carbocycles. The summed E-state index contributed by atoms with van der Waals surface area (Å²) in [6, 6.07) is 5.61. The van der Waals surface area contributed by atoms with Gasteiger partial charge in [-0.1, -0.05) is 13.0 Å². The lowest BCUT2D eigenvalue weighted by Gasteiger charge is -2.01. The van der Waals surface area contributed by atoms with Crippen molar-refractivity contribution < 1.29 is 4.79 Å². The molecule has 1 aromatic carbocycles. The van der Waals surface area contributed by atoms with Crippen LogP contribution >= 0.6 is 27.5 Å². The molecule has 1 nitrogen and oxygen atoms in total. The maximum Gasteiger partial charge on any atom is 0.253 e. The number of hydrogen-bond acceptors (Lipinski definition) is 1. The number of aryl methyl sites for hydroxylation is 1. The molecule has 0 spiro atoms. The van der Waals surface area contributed by atoms with Crippen LogP contribution in [0.25, 0.3) is 0 Å². The van der Waals surface area contributed by atoms with Gasteiger partial charge in [-0.3, -0.25) is 4.79 Å². The number of halogens is 2. The lowest BCUT2D eigenvalue weighted by atomic mass is 10.1. The standard InChI is InChI=1S/C9H8BrClO/c1-2-6-3-4-8(10)7(5-6)9(11)12/h3-5H,2H2,1H3. The van der Waals surface area contributed by atoms with Crippen molar-refractivity contribution >= 4 is 32.8 Å². The third-order valence-corrected chi connectivity index (χ3v) is 2.55. The summed E-state index contributed by atoms with van der Waals surface area (Å²) < 4.78 is 0.750. The van der Waals surface area contributed by atoms with Gasteiger partial charge >= 0.3 is 0 Å². The van der Waals surface area contributed by atoms with Crippen LogP contribution in [0.5, 0.6) is 0 Å². The van der Waals surface area contributed by atoms with Crippen LogP contribution < -0.4 is 0 Å². The molecule has 0 unspecified atom stereocenters. The summed E-state index contributed by atoms with van der Waals surface area (Å²) in [4.78, 5) is 10.9. The third-order valence-electron chi connectivity index (χ3n) is 1.65. The molecule has 0 aliphatic rings. The Balaban J connectivity index is 3.17. The van der Waals surface area contributed by atoms with Crippen molar-refractivity contribution in [3.05, 3.63) is 33.8 Å². The Morgan fingerprint density at radius 3 is 2.75 bits per heavy atom. The summed E-state index contributed by atoms with van der Waals surface area (Å²) in [5.41, 5.74) is 1.65. The van der Waals surface area contributed by atoms with Crippen molar-refractivity contribution in [1.82, 2.24) is 0 Å². The average Bonchev–Trinajstić information content (AvgIpc) is 2.05. The highest BCUT2D eigenvalue weighted by molar-refractivity contribution is 9.10. The molecule has 0 aliphatic carbocycles. The van der Waals surface area contributed by atoms with Crippen LogP contribution in [0.2, 0.25) is 0 Å². The number of rotatable bonds is 2. The molecular weight excluding hydrogens is 239 g/mol. The van der Waals surface area contributed by atoms with E-state index in [1.54, 1.807) is 6.07 Å². The van der Waals surface area contributed by atoms with Gasteiger partial charge in [-0.25, -0.2) is 0 Å². The van der Waals surface area contributed by atoms with E-state index >= 15 is 0 Å². The molecule has 0 bridgehead atoms. The van der Waals surface area contributed by atoms with Gasteiger partial charge in [-0.05, 0) is 51.6 Å². The van der Waals surface area contributed by atoms with Gasteiger partial charge in [0, 0.05) is 10.0 Å². The Kier molecular flexibility index (Phi) is 3.29. The van der Waals surface area contributed by atoms with Crippen molar-refractivity contribution in [2.75, 3.05) is 0 Å². The first-order valence-electron chi connectivity index (χ1n) is 3.63. The molecule has 0 saturated heterocycles. The number of carbonyl (C=O) groups excluding carboxylic acids is 1. The Bertz CT molecular complexity index is 309. The van der Waals surface area contributed by atoms with Gasteiger partial charge in [0.2, 0.25) is 0 Å². The second kappa shape index (κ2) is 4.06. The van der Waals surface area contributed by atoms with Crippen LogP contribution in [-0.2, 0) is 6.42 Å². The minimum absolute atomic E-state index is 0.419. The molecule has 64 valence electrons. The first-order valence-corrected chi connectivity index (χ1v) is 4.80.